The van der Waals surface area contributed by atoms with Crippen molar-refractivity contribution >= 4 is 37.7 Å². The molecular weight excluding hydrogens is 392 g/mol. The van der Waals surface area contributed by atoms with E-state index in [9.17, 15) is 4.79 Å². The number of pyridine rings is 1. The maximum atomic E-state index is 12.9. The van der Waals surface area contributed by atoms with Gasteiger partial charge < -0.3 is 5.32 Å². The van der Waals surface area contributed by atoms with E-state index in [0.29, 0.717) is 18.9 Å². The van der Waals surface area contributed by atoms with E-state index in [2.05, 4.69) is 27.4 Å². The molecule has 1 saturated carbocycles. The molecule has 0 saturated heterocycles. The standard InChI is InChI=1S/C24H24N4OS/c29-23(26-15-17-10-5-2-6-11-17)22-27-19(14-16-8-3-1-4-9-16)21-20(28-22)18-12-7-13-25-24(18)30-21/h1,3-4,7-9,12-13,17H,2,5-6,10-11,14-15H2,(H,26,29). The number of carbonyl (C=O) groups excluding carboxylic acids is 1. The highest BCUT2D eigenvalue weighted by atomic mass is 32.1. The number of nitrogens with zero attached hydrogens (tertiary/aromatic N) is 3. The molecule has 1 aromatic carbocycles. The average molecular weight is 417 g/mol. The Balaban J connectivity index is 1.51. The van der Waals surface area contributed by atoms with Crippen molar-refractivity contribution in [1.82, 2.24) is 20.3 Å². The second kappa shape index (κ2) is 8.48. The predicted molar refractivity (Wildman–Crippen MR) is 121 cm³/mol. The largest absolute Gasteiger partial charge is 0.349 e. The zero-order valence-corrected chi connectivity index (χ0v) is 17.6. The fourth-order valence-corrected chi connectivity index (χ4v) is 5.32. The molecule has 0 radical (unpaired) electrons. The van der Waals surface area contributed by atoms with Crippen LogP contribution in [-0.2, 0) is 6.42 Å². The summed E-state index contributed by atoms with van der Waals surface area (Å²) in [6.07, 6.45) is 8.68. The van der Waals surface area contributed by atoms with Crippen LogP contribution in [-0.4, -0.2) is 27.4 Å². The average Bonchev–Trinajstić information content (AvgIpc) is 3.18. The quantitative estimate of drug-likeness (QED) is 0.489. The monoisotopic (exact) mass is 416 g/mol. The topological polar surface area (TPSA) is 67.8 Å². The summed E-state index contributed by atoms with van der Waals surface area (Å²) in [4.78, 5) is 27.8. The lowest BCUT2D eigenvalue weighted by Gasteiger charge is -2.21. The molecule has 3 aromatic heterocycles. The number of amides is 1. The van der Waals surface area contributed by atoms with Gasteiger partial charge in [0, 0.05) is 24.5 Å². The first-order valence-electron chi connectivity index (χ1n) is 10.6. The molecule has 152 valence electrons. The van der Waals surface area contributed by atoms with Gasteiger partial charge in [0.1, 0.15) is 4.83 Å². The molecule has 0 bridgehead atoms. The minimum atomic E-state index is -0.181. The van der Waals surface area contributed by atoms with Crippen LogP contribution < -0.4 is 5.32 Å². The van der Waals surface area contributed by atoms with Crippen LogP contribution >= 0.6 is 11.3 Å². The first kappa shape index (κ1) is 19.1. The molecule has 0 unspecified atom stereocenters. The molecule has 1 N–H and O–H groups in total. The van der Waals surface area contributed by atoms with Crippen LogP contribution in [0.1, 0.15) is 54.0 Å². The van der Waals surface area contributed by atoms with Gasteiger partial charge in [-0.3, -0.25) is 4.79 Å². The molecule has 0 spiro atoms. The Kier molecular flexibility index (Phi) is 5.41. The molecule has 6 heteroatoms. The van der Waals surface area contributed by atoms with Crippen LogP contribution in [0.5, 0.6) is 0 Å². The molecule has 5 nitrogen and oxygen atoms in total. The summed E-state index contributed by atoms with van der Waals surface area (Å²) in [6, 6.07) is 14.2. The predicted octanol–water partition coefficient (Wildman–Crippen LogP) is 5.14. The molecule has 1 amide bonds. The van der Waals surface area contributed by atoms with Crippen molar-refractivity contribution < 1.29 is 4.79 Å². The van der Waals surface area contributed by atoms with Crippen LogP contribution in [0.2, 0.25) is 0 Å². The Morgan fingerprint density at radius 3 is 2.70 bits per heavy atom. The molecule has 0 atom stereocenters. The molecule has 3 heterocycles. The van der Waals surface area contributed by atoms with E-state index in [0.717, 1.165) is 31.7 Å². The van der Waals surface area contributed by atoms with Gasteiger partial charge in [-0.05, 0) is 36.5 Å². The van der Waals surface area contributed by atoms with E-state index < -0.39 is 0 Å². The van der Waals surface area contributed by atoms with Crippen molar-refractivity contribution in [3.8, 4) is 0 Å². The Morgan fingerprint density at radius 1 is 1.03 bits per heavy atom. The number of fused-ring (bicyclic) bond motifs is 3. The number of aromatic nitrogens is 3. The van der Waals surface area contributed by atoms with E-state index in [1.165, 1.54) is 32.1 Å². The molecular formula is C24H24N4OS. The molecule has 4 aromatic rings. The summed E-state index contributed by atoms with van der Waals surface area (Å²) >= 11 is 1.60. The zero-order valence-electron chi connectivity index (χ0n) is 16.8. The Hall–Kier alpha value is -2.86. The van der Waals surface area contributed by atoms with Gasteiger partial charge in [0.15, 0.2) is 0 Å². The van der Waals surface area contributed by atoms with Crippen molar-refractivity contribution in [2.75, 3.05) is 6.54 Å². The number of benzene rings is 1. The minimum absolute atomic E-state index is 0.181. The first-order valence-corrected chi connectivity index (χ1v) is 11.5. The number of nitrogens with one attached hydrogen (secondary N) is 1. The first-order chi connectivity index (χ1) is 14.8. The summed E-state index contributed by atoms with van der Waals surface area (Å²) in [5.41, 5.74) is 2.88. The van der Waals surface area contributed by atoms with Gasteiger partial charge in [-0.25, -0.2) is 15.0 Å². The normalized spacial score (nSPS) is 14.9. The smallest absolute Gasteiger partial charge is 0.289 e. The molecule has 5 rings (SSSR count). The van der Waals surface area contributed by atoms with Gasteiger partial charge in [-0.2, -0.15) is 0 Å². The maximum absolute atomic E-state index is 12.9. The van der Waals surface area contributed by atoms with Gasteiger partial charge in [-0.15, -0.1) is 11.3 Å². The van der Waals surface area contributed by atoms with Crippen LogP contribution in [0.15, 0.2) is 48.7 Å². The van der Waals surface area contributed by atoms with Crippen molar-refractivity contribution in [3.05, 3.63) is 65.7 Å². The third kappa shape index (κ3) is 3.92. The summed E-state index contributed by atoms with van der Waals surface area (Å²) in [7, 11) is 0. The number of rotatable bonds is 5. The van der Waals surface area contributed by atoms with Crippen molar-refractivity contribution in [1.29, 1.82) is 0 Å². The third-order valence-corrected chi connectivity index (χ3v) is 7.01. The van der Waals surface area contributed by atoms with Crippen LogP contribution in [0.4, 0.5) is 0 Å². The van der Waals surface area contributed by atoms with Crippen LogP contribution in [0, 0.1) is 5.92 Å². The highest BCUT2D eigenvalue weighted by Crippen LogP contribution is 2.33. The Bertz CT molecular complexity index is 1180. The van der Waals surface area contributed by atoms with Crippen molar-refractivity contribution in [3.63, 3.8) is 0 Å². The van der Waals surface area contributed by atoms with Crippen LogP contribution in [0.25, 0.3) is 20.4 Å². The van der Waals surface area contributed by atoms with Gasteiger partial charge in [-0.1, -0.05) is 49.6 Å². The van der Waals surface area contributed by atoms with Gasteiger partial charge in [0.05, 0.1) is 15.9 Å². The molecule has 30 heavy (non-hydrogen) atoms. The van der Waals surface area contributed by atoms with E-state index in [-0.39, 0.29) is 11.7 Å². The molecule has 0 aliphatic heterocycles. The highest BCUT2D eigenvalue weighted by molar-refractivity contribution is 7.25. The SMILES string of the molecule is O=C(NCC1CCCCC1)c1nc(Cc2ccccc2)c2sc3ncccc3c2n1. The van der Waals surface area contributed by atoms with Crippen molar-refractivity contribution in [2.45, 2.75) is 38.5 Å². The number of thiophene rings is 1. The second-order valence-electron chi connectivity index (χ2n) is 8.01. The van der Waals surface area contributed by atoms with E-state index >= 15 is 0 Å². The molecule has 1 fully saturated rings. The number of carbonyl (C=O) groups is 1. The summed E-state index contributed by atoms with van der Waals surface area (Å²) in [5, 5.41) is 4.07. The highest BCUT2D eigenvalue weighted by Gasteiger charge is 2.20. The van der Waals surface area contributed by atoms with E-state index in [4.69, 9.17) is 4.98 Å². The van der Waals surface area contributed by atoms with Crippen LogP contribution in [0.3, 0.4) is 0 Å². The Morgan fingerprint density at radius 2 is 1.87 bits per heavy atom. The lowest BCUT2D eigenvalue weighted by molar-refractivity contribution is 0.0933. The zero-order chi connectivity index (χ0) is 20.3. The lowest BCUT2D eigenvalue weighted by Crippen LogP contribution is -2.31. The molecule has 1 aliphatic rings. The summed E-state index contributed by atoms with van der Waals surface area (Å²) in [5.74, 6) is 0.647. The Labute approximate surface area is 179 Å². The summed E-state index contributed by atoms with van der Waals surface area (Å²) in [6.45, 7) is 0.709. The summed E-state index contributed by atoms with van der Waals surface area (Å²) < 4.78 is 1.01. The lowest BCUT2D eigenvalue weighted by atomic mass is 9.89. The minimum Gasteiger partial charge on any atom is -0.349 e. The van der Waals surface area contributed by atoms with E-state index in [1.54, 1.807) is 17.5 Å². The number of hydrogen-bond acceptors (Lipinski definition) is 5. The van der Waals surface area contributed by atoms with E-state index in [1.807, 2.05) is 30.3 Å². The fraction of sp³-hybridized carbons (Fsp3) is 0.333. The van der Waals surface area contributed by atoms with Gasteiger partial charge >= 0.3 is 0 Å². The van der Waals surface area contributed by atoms with Gasteiger partial charge in [0.2, 0.25) is 5.82 Å². The second-order valence-corrected chi connectivity index (χ2v) is 9.01. The van der Waals surface area contributed by atoms with Crippen molar-refractivity contribution in [2.24, 2.45) is 5.92 Å². The maximum Gasteiger partial charge on any atom is 0.289 e. The number of hydrogen-bond donors (Lipinski definition) is 1. The fourth-order valence-electron chi connectivity index (χ4n) is 4.25. The van der Waals surface area contributed by atoms with Gasteiger partial charge in [0.25, 0.3) is 5.91 Å². The third-order valence-electron chi connectivity index (χ3n) is 5.85. The molecule has 1 aliphatic carbocycles.